The van der Waals surface area contributed by atoms with Crippen LogP contribution < -0.4 is 0 Å². The quantitative estimate of drug-likeness (QED) is 0.356. The summed E-state index contributed by atoms with van der Waals surface area (Å²) < 4.78 is 18.2. The number of carboxylic acid groups (broad SMARTS) is 1. The molecular formula is C29H25FN6O3. The van der Waals surface area contributed by atoms with E-state index in [9.17, 15) is 9.59 Å². The van der Waals surface area contributed by atoms with E-state index < -0.39 is 11.8 Å². The Morgan fingerprint density at radius 1 is 1.13 bits per heavy atom. The van der Waals surface area contributed by atoms with Crippen LogP contribution in [0.2, 0.25) is 0 Å². The van der Waals surface area contributed by atoms with Gasteiger partial charge in [0.2, 0.25) is 0 Å². The van der Waals surface area contributed by atoms with Crippen LogP contribution >= 0.6 is 0 Å². The lowest BCUT2D eigenvalue weighted by atomic mass is 9.93. The molecule has 1 amide bonds. The number of hydrogen-bond donors (Lipinski definition) is 1. The molecule has 5 aromatic rings. The van der Waals surface area contributed by atoms with E-state index in [1.807, 2.05) is 30.9 Å². The number of amides is 1. The predicted molar refractivity (Wildman–Crippen MR) is 141 cm³/mol. The number of carbonyl (C=O) groups is 2. The van der Waals surface area contributed by atoms with E-state index in [4.69, 9.17) is 5.11 Å². The van der Waals surface area contributed by atoms with Gasteiger partial charge >= 0.3 is 5.97 Å². The van der Waals surface area contributed by atoms with Crippen molar-refractivity contribution in [3.8, 4) is 16.9 Å². The zero-order chi connectivity index (χ0) is 27.3. The lowest BCUT2D eigenvalue weighted by Crippen LogP contribution is -2.39. The molecule has 1 aliphatic rings. The fourth-order valence-electron chi connectivity index (χ4n) is 5.16. The van der Waals surface area contributed by atoms with Gasteiger partial charge in [-0.2, -0.15) is 10.2 Å². The fourth-order valence-corrected chi connectivity index (χ4v) is 5.16. The molecular weight excluding hydrogens is 499 g/mol. The van der Waals surface area contributed by atoms with E-state index >= 15 is 4.39 Å². The number of aromatic nitrogens is 5. The topological polar surface area (TPSA) is 106 Å². The minimum atomic E-state index is -1.11. The molecule has 0 aliphatic carbocycles. The molecule has 2 aromatic carbocycles. The van der Waals surface area contributed by atoms with Crippen molar-refractivity contribution < 1.29 is 19.1 Å². The molecule has 0 fully saturated rings. The summed E-state index contributed by atoms with van der Waals surface area (Å²) in [5, 5.41) is 17.7. The van der Waals surface area contributed by atoms with Crippen LogP contribution in [0.25, 0.3) is 22.6 Å². The van der Waals surface area contributed by atoms with Gasteiger partial charge in [-0.3, -0.25) is 4.79 Å². The largest absolute Gasteiger partial charge is 0.478 e. The van der Waals surface area contributed by atoms with Crippen LogP contribution in [-0.4, -0.2) is 52.8 Å². The molecule has 0 spiro atoms. The third-order valence-electron chi connectivity index (χ3n) is 7.26. The van der Waals surface area contributed by atoms with E-state index in [-0.39, 0.29) is 23.1 Å². The molecule has 1 atom stereocenters. The molecule has 0 bridgehead atoms. The summed E-state index contributed by atoms with van der Waals surface area (Å²) in [4.78, 5) is 31.2. The molecule has 0 unspecified atom stereocenters. The summed E-state index contributed by atoms with van der Waals surface area (Å²) in [5.41, 5.74) is 5.00. The van der Waals surface area contributed by atoms with Crippen LogP contribution in [0.15, 0.2) is 67.0 Å². The molecule has 1 N–H and O–H groups in total. The second-order valence-electron chi connectivity index (χ2n) is 9.55. The Hall–Kier alpha value is -4.86. The minimum Gasteiger partial charge on any atom is -0.478 e. The van der Waals surface area contributed by atoms with Gasteiger partial charge in [0.05, 0.1) is 29.2 Å². The first-order chi connectivity index (χ1) is 18.8. The van der Waals surface area contributed by atoms with E-state index in [1.54, 1.807) is 28.8 Å². The average Bonchev–Trinajstić information content (AvgIpc) is 3.60. The Balaban J connectivity index is 1.33. The number of aromatic carboxylic acids is 1. The van der Waals surface area contributed by atoms with Gasteiger partial charge in [0, 0.05) is 36.1 Å². The lowest BCUT2D eigenvalue weighted by Gasteiger charge is -2.35. The van der Waals surface area contributed by atoms with Crippen LogP contribution in [0, 0.1) is 5.82 Å². The summed E-state index contributed by atoms with van der Waals surface area (Å²) in [6.45, 7) is 4.61. The fraction of sp³-hybridized carbons (Fsp3) is 0.207. The molecule has 6 rings (SSSR count). The molecule has 1 aliphatic heterocycles. The van der Waals surface area contributed by atoms with Crippen molar-refractivity contribution in [2.75, 3.05) is 6.54 Å². The number of halogens is 1. The maximum absolute atomic E-state index is 15.2. The number of hydrogen-bond acceptors (Lipinski definition) is 5. The molecule has 10 heteroatoms. The highest BCUT2D eigenvalue weighted by Gasteiger charge is 2.29. The molecule has 0 radical (unpaired) electrons. The van der Waals surface area contributed by atoms with Gasteiger partial charge in [-0.15, -0.1) is 0 Å². The van der Waals surface area contributed by atoms with Gasteiger partial charge in [0.15, 0.2) is 5.65 Å². The highest BCUT2D eigenvalue weighted by atomic mass is 19.1. The lowest BCUT2D eigenvalue weighted by molar-refractivity contribution is 0.0668. The number of benzene rings is 2. The Morgan fingerprint density at radius 3 is 2.69 bits per heavy atom. The van der Waals surface area contributed by atoms with Crippen LogP contribution in [0.5, 0.6) is 0 Å². The predicted octanol–water partition coefficient (Wildman–Crippen LogP) is 4.74. The zero-order valence-corrected chi connectivity index (χ0v) is 21.4. The number of carbonyl (C=O) groups excluding carboxylic acids is 1. The molecule has 3 aromatic heterocycles. The third-order valence-corrected chi connectivity index (χ3v) is 7.26. The van der Waals surface area contributed by atoms with Crippen molar-refractivity contribution in [2.24, 2.45) is 0 Å². The number of fused-ring (bicyclic) bond motifs is 2. The number of rotatable bonds is 5. The summed E-state index contributed by atoms with van der Waals surface area (Å²) in [6.07, 6.45) is 3.92. The normalized spacial score (nSPS) is 14.9. The third kappa shape index (κ3) is 4.23. The van der Waals surface area contributed by atoms with Crippen LogP contribution in [0.1, 0.15) is 57.6 Å². The summed E-state index contributed by atoms with van der Waals surface area (Å²) in [7, 11) is 0. The first-order valence-corrected chi connectivity index (χ1v) is 12.7. The number of nitrogens with zero attached hydrogens (tertiary/aromatic N) is 6. The second kappa shape index (κ2) is 9.46. The van der Waals surface area contributed by atoms with Gasteiger partial charge in [0.1, 0.15) is 11.5 Å². The number of carboxylic acids is 1. The molecule has 0 saturated heterocycles. The van der Waals surface area contributed by atoms with Crippen molar-refractivity contribution in [2.45, 2.75) is 32.7 Å². The van der Waals surface area contributed by atoms with Gasteiger partial charge < -0.3 is 10.0 Å². The van der Waals surface area contributed by atoms with Crippen molar-refractivity contribution in [3.63, 3.8) is 0 Å². The Bertz CT molecular complexity index is 1760. The molecule has 39 heavy (non-hydrogen) atoms. The molecule has 196 valence electrons. The van der Waals surface area contributed by atoms with Crippen molar-refractivity contribution in [1.82, 2.24) is 29.3 Å². The van der Waals surface area contributed by atoms with Crippen LogP contribution in [0.3, 0.4) is 0 Å². The Labute approximate surface area is 223 Å². The van der Waals surface area contributed by atoms with Crippen molar-refractivity contribution >= 4 is 17.5 Å². The van der Waals surface area contributed by atoms with Crippen molar-refractivity contribution in [3.05, 3.63) is 101 Å². The Kier molecular flexibility index (Phi) is 5.94. The summed E-state index contributed by atoms with van der Waals surface area (Å²) in [6, 6.07) is 16.0. The highest BCUT2D eigenvalue weighted by Crippen LogP contribution is 2.31. The van der Waals surface area contributed by atoms with Crippen LogP contribution in [-0.2, 0) is 12.8 Å². The molecule has 4 heterocycles. The Morgan fingerprint density at radius 2 is 1.95 bits per heavy atom. The van der Waals surface area contributed by atoms with Gasteiger partial charge in [-0.1, -0.05) is 31.2 Å². The number of aryl methyl sites for hydroxylation is 1. The first kappa shape index (κ1) is 24.5. The standard InChI is InChI=1S/C29H25FN6O3/c1-3-20-13-26(28(37)34-11-10-18-6-4-5-7-22(18)17(34)2)32-27-14-25(33-36(20)27)23-9-8-21(12-24(23)30)35-16-19(15-31-35)29(38)39/h4-9,12-17H,3,10-11H2,1-2H3,(H,38,39)/t17-/m1/s1. The van der Waals surface area contributed by atoms with Gasteiger partial charge in [0.25, 0.3) is 5.91 Å². The molecule has 9 nitrogen and oxygen atoms in total. The van der Waals surface area contributed by atoms with Crippen molar-refractivity contribution in [1.29, 1.82) is 0 Å². The second-order valence-corrected chi connectivity index (χ2v) is 9.55. The highest BCUT2D eigenvalue weighted by molar-refractivity contribution is 5.93. The van der Waals surface area contributed by atoms with Gasteiger partial charge in [-0.05, 0) is 49.1 Å². The van der Waals surface area contributed by atoms with E-state index in [2.05, 4.69) is 27.3 Å². The minimum absolute atomic E-state index is 0.00603. The van der Waals surface area contributed by atoms with E-state index in [0.29, 0.717) is 35.7 Å². The SMILES string of the molecule is CCc1cc(C(=O)N2CCc3ccccc3[C@H]2C)nc2cc(-c3ccc(-n4cc(C(=O)O)cn4)cc3F)nn12. The smallest absolute Gasteiger partial charge is 0.338 e. The first-order valence-electron chi connectivity index (χ1n) is 12.7. The maximum atomic E-state index is 15.2. The van der Waals surface area contributed by atoms with E-state index in [1.165, 1.54) is 28.7 Å². The maximum Gasteiger partial charge on any atom is 0.338 e. The monoisotopic (exact) mass is 524 g/mol. The summed E-state index contributed by atoms with van der Waals surface area (Å²) in [5.74, 6) is -1.80. The zero-order valence-electron chi connectivity index (χ0n) is 21.4. The van der Waals surface area contributed by atoms with Gasteiger partial charge in [-0.25, -0.2) is 23.4 Å². The molecule has 0 saturated carbocycles. The average molecular weight is 525 g/mol. The van der Waals surface area contributed by atoms with E-state index in [0.717, 1.165) is 17.7 Å². The van der Waals surface area contributed by atoms with Crippen LogP contribution in [0.4, 0.5) is 4.39 Å². The summed E-state index contributed by atoms with van der Waals surface area (Å²) >= 11 is 0.